The molecule has 0 saturated heterocycles. The number of benzene rings is 1. The monoisotopic (exact) mass is 261 g/mol. The van der Waals surface area contributed by atoms with Gasteiger partial charge in [0.15, 0.2) is 0 Å². The van der Waals surface area contributed by atoms with Crippen LogP contribution in [0.5, 0.6) is 0 Å². The average Bonchev–Trinajstić information content (AvgIpc) is 2.25. The molecule has 0 aliphatic rings. The summed E-state index contributed by atoms with van der Waals surface area (Å²) in [5, 5.41) is 14.5. The van der Waals surface area contributed by atoms with Crippen molar-refractivity contribution in [1.82, 2.24) is 0 Å². The molecule has 0 aliphatic heterocycles. The second-order valence-corrected chi connectivity index (χ2v) is 5.55. The molecule has 2 atom stereocenters. The molecule has 1 aromatic carbocycles. The largest absolute Gasteiger partial charge is 0.393 e. The number of nitrogens with two attached hydrogens (primary N) is 1. The molecule has 0 spiro atoms. The van der Waals surface area contributed by atoms with Crippen LogP contribution in [0.25, 0.3) is 0 Å². The summed E-state index contributed by atoms with van der Waals surface area (Å²) in [6, 6.07) is 3.47. The van der Waals surface area contributed by atoms with E-state index in [9.17, 15) is 17.9 Å². The van der Waals surface area contributed by atoms with Crippen molar-refractivity contribution in [2.75, 3.05) is 0 Å². The van der Waals surface area contributed by atoms with Crippen molar-refractivity contribution in [3.05, 3.63) is 29.6 Å². The minimum atomic E-state index is -3.90. The quantitative estimate of drug-likeness (QED) is 0.858. The van der Waals surface area contributed by atoms with Gasteiger partial charge >= 0.3 is 0 Å². The van der Waals surface area contributed by atoms with Crippen LogP contribution in [0.4, 0.5) is 4.39 Å². The summed E-state index contributed by atoms with van der Waals surface area (Å²) >= 11 is 0. The second-order valence-electron chi connectivity index (χ2n) is 3.99. The van der Waals surface area contributed by atoms with Gasteiger partial charge in [-0.1, -0.05) is 19.9 Å². The lowest BCUT2D eigenvalue weighted by atomic mass is 9.93. The van der Waals surface area contributed by atoms with E-state index in [1.807, 2.05) is 0 Å². The van der Waals surface area contributed by atoms with Crippen molar-refractivity contribution in [2.45, 2.75) is 37.2 Å². The van der Waals surface area contributed by atoms with Crippen LogP contribution < -0.4 is 5.14 Å². The van der Waals surface area contributed by atoms with Crippen LogP contribution in [0.15, 0.2) is 23.1 Å². The number of sulfonamides is 1. The van der Waals surface area contributed by atoms with Crippen molar-refractivity contribution < 1.29 is 17.9 Å². The summed E-state index contributed by atoms with van der Waals surface area (Å²) < 4.78 is 35.7. The molecule has 0 bridgehead atoms. The average molecular weight is 261 g/mol. The summed E-state index contributed by atoms with van der Waals surface area (Å²) in [6.07, 6.45) is -0.165. The van der Waals surface area contributed by atoms with Crippen molar-refractivity contribution in [3.8, 4) is 0 Å². The third-order valence-electron chi connectivity index (χ3n) is 2.79. The number of aliphatic hydroxyl groups excluding tert-OH is 1. The molecule has 6 heteroatoms. The van der Waals surface area contributed by atoms with E-state index in [-0.39, 0.29) is 10.5 Å². The van der Waals surface area contributed by atoms with E-state index in [1.165, 1.54) is 12.1 Å². The summed E-state index contributed by atoms with van der Waals surface area (Å²) in [5.41, 5.74) is 0.284. The van der Waals surface area contributed by atoms with Crippen LogP contribution in [-0.4, -0.2) is 19.6 Å². The number of hydrogen-bond donors (Lipinski definition) is 2. The van der Waals surface area contributed by atoms with Crippen LogP contribution in [0.1, 0.15) is 31.7 Å². The van der Waals surface area contributed by atoms with E-state index < -0.39 is 27.9 Å². The Morgan fingerprint density at radius 3 is 2.47 bits per heavy atom. The molecule has 17 heavy (non-hydrogen) atoms. The van der Waals surface area contributed by atoms with Crippen LogP contribution >= 0.6 is 0 Å². The Kier molecular flexibility index (Phi) is 4.24. The fraction of sp³-hybridized carbons (Fsp3) is 0.455. The molecule has 0 radical (unpaired) electrons. The Labute approximate surface area is 100 Å². The molecule has 1 aromatic rings. The van der Waals surface area contributed by atoms with E-state index in [0.717, 1.165) is 6.07 Å². The molecular weight excluding hydrogens is 245 g/mol. The van der Waals surface area contributed by atoms with E-state index in [1.54, 1.807) is 13.8 Å². The Morgan fingerprint density at radius 1 is 1.47 bits per heavy atom. The van der Waals surface area contributed by atoms with Gasteiger partial charge in [-0.05, 0) is 24.1 Å². The highest BCUT2D eigenvalue weighted by Gasteiger charge is 2.19. The van der Waals surface area contributed by atoms with Gasteiger partial charge in [-0.3, -0.25) is 0 Å². The predicted octanol–water partition coefficient (Wildman–Crippen LogP) is 1.35. The first-order valence-electron chi connectivity index (χ1n) is 5.27. The van der Waals surface area contributed by atoms with Crippen molar-refractivity contribution >= 4 is 10.0 Å². The fourth-order valence-corrected chi connectivity index (χ4v) is 2.14. The third kappa shape index (κ3) is 3.24. The zero-order valence-electron chi connectivity index (χ0n) is 9.72. The lowest BCUT2D eigenvalue weighted by Crippen LogP contribution is -2.17. The van der Waals surface area contributed by atoms with Crippen molar-refractivity contribution in [3.63, 3.8) is 0 Å². The smallest absolute Gasteiger partial charge is 0.238 e. The molecule has 0 amide bonds. The molecule has 0 aliphatic carbocycles. The van der Waals surface area contributed by atoms with Gasteiger partial charge in [0.05, 0.1) is 11.0 Å². The highest BCUT2D eigenvalue weighted by Crippen LogP contribution is 2.25. The van der Waals surface area contributed by atoms with Gasteiger partial charge in [0, 0.05) is 5.92 Å². The third-order valence-corrected chi connectivity index (χ3v) is 3.70. The maximum atomic E-state index is 13.7. The van der Waals surface area contributed by atoms with Crippen LogP contribution in [0.3, 0.4) is 0 Å². The molecule has 2 unspecified atom stereocenters. The number of aliphatic hydroxyl groups is 1. The number of primary sulfonamides is 1. The standard InChI is InChI=1S/C11H16FNO3S/c1-3-11(14)7(2)9-5-4-8(6-10(9)12)17(13,15)16/h4-7,11,14H,3H2,1-2H3,(H2,13,15,16). The first kappa shape index (κ1) is 14.1. The first-order chi connectivity index (χ1) is 7.77. The van der Waals surface area contributed by atoms with Gasteiger partial charge in [-0.2, -0.15) is 0 Å². The minimum Gasteiger partial charge on any atom is -0.393 e. The van der Waals surface area contributed by atoms with Gasteiger partial charge in [-0.15, -0.1) is 0 Å². The number of halogens is 1. The Bertz CT molecular complexity index is 501. The van der Waals surface area contributed by atoms with E-state index >= 15 is 0 Å². The molecule has 3 N–H and O–H groups in total. The van der Waals surface area contributed by atoms with Crippen molar-refractivity contribution in [1.29, 1.82) is 0 Å². The highest BCUT2D eigenvalue weighted by molar-refractivity contribution is 7.89. The van der Waals surface area contributed by atoms with Crippen molar-refractivity contribution in [2.24, 2.45) is 5.14 Å². The van der Waals surface area contributed by atoms with E-state index in [4.69, 9.17) is 5.14 Å². The summed E-state index contributed by atoms with van der Waals surface area (Å²) in [7, 11) is -3.90. The second kappa shape index (κ2) is 5.12. The molecule has 0 aromatic heterocycles. The van der Waals surface area contributed by atoms with Gasteiger partial charge in [-0.25, -0.2) is 17.9 Å². The maximum Gasteiger partial charge on any atom is 0.238 e. The normalized spacial score (nSPS) is 15.6. The number of hydrogen-bond acceptors (Lipinski definition) is 3. The molecular formula is C11H16FNO3S. The van der Waals surface area contributed by atoms with Gasteiger partial charge < -0.3 is 5.11 Å². The number of rotatable bonds is 4. The van der Waals surface area contributed by atoms with Gasteiger partial charge in [0.2, 0.25) is 10.0 Å². The summed E-state index contributed by atoms with van der Waals surface area (Å²) in [4.78, 5) is -0.267. The zero-order chi connectivity index (χ0) is 13.2. The molecule has 96 valence electrons. The molecule has 0 fully saturated rings. The molecule has 4 nitrogen and oxygen atoms in total. The predicted molar refractivity (Wildman–Crippen MR) is 62.5 cm³/mol. The molecule has 0 heterocycles. The maximum absolute atomic E-state index is 13.7. The van der Waals surface area contributed by atoms with Gasteiger partial charge in [0.25, 0.3) is 0 Å². The Balaban J connectivity index is 3.15. The topological polar surface area (TPSA) is 80.4 Å². The fourth-order valence-electron chi connectivity index (χ4n) is 1.61. The van der Waals surface area contributed by atoms with Crippen LogP contribution in [-0.2, 0) is 10.0 Å². The lowest BCUT2D eigenvalue weighted by molar-refractivity contribution is 0.143. The molecule has 1 rings (SSSR count). The first-order valence-corrected chi connectivity index (χ1v) is 6.82. The Hall–Kier alpha value is -0.980. The molecule has 0 saturated carbocycles. The van der Waals surface area contributed by atoms with E-state index in [0.29, 0.717) is 6.42 Å². The summed E-state index contributed by atoms with van der Waals surface area (Å²) in [5.74, 6) is -1.06. The minimum absolute atomic E-state index is 0.267. The van der Waals surface area contributed by atoms with Crippen LogP contribution in [0.2, 0.25) is 0 Å². The van der Waals surface area contributed by atoms with Gasteiger partial charge in [0.1, 0.15) is 5.82 Å². The SMILES string of the molecule is CCC(O)C(C)c1ccc(S(N)(=O)=O)cc1F. The lowest BCUT2D eigenvalue weighted by Gasteiger charge is -2.18. The zero-order valence-corrected chi connectivity index (χ0v) is 10.5. The summed E-state index contributed by atoms with van der Waals surface area (Å²) in [6.45, 7) is 3.47. The Morgan fingerprint density at radius 2 is 2.06 bits per heavy atom. The highest BCUT2D eigenvalue weighted by atomic mass is 32.2. The van der Waals surface area contributed by atoms with E-state index in [2.05, 4.69) is 0 Å². The van der Waals surface area contributed by atoms with Crippen LogP contribution in [0, 0.1) is 5.82 Å².